The Hall–Kier alpha value is -1.58. The Balaban J connectivity index is 0.000000284. The normalized spacial score (nSPS) is 10.2. The van der Waals surface area contributed by atoms with Crippen LogP contribution in [0.15, 0.2) is 42.5 Å². The Kier molecular flexibility index (Phi) is 10.9. The Bertz CT molecular complexity index is 514. The lowest BCUT2D eigenvalue weighted by Crippen LogP contribution is -1.96. The number of aliphatic hydroxyl groups is 2. The van der Waals surface area contributed by atoms with Gasteiger partial charge in [-0.25, -0.2) is 0 Å². The molecule has 0 aliphatic rings. The highest BCUT2D eigenvalue weighted by Crippen LogP contribution is 2.25. The van der Waals surface area contributed by atoms with Crippen molar-refractivity contribution in [3.63, 3.8) is 0 Å². The molecule has 0 saturated carbocycles. The number of hydrogen-bond acceptors (Lipinski definition) is 3. The van der Waals surface area contributed by atoms with Crippen molar-refractivity contribution in [3.05, 3.63) is 42.5 Å². The van der Waals surface area contributed by atoms with Crippen molar-refractivity contribution in [1.82, 2.24) is 0 Å². The fraction of sp³-hybridized carbons (Fsp3) is 0.500. The zero-order valence-corrected chi connectivity index (χ0v) is 14.2. The first-order valence-electron chi connectivity index (χ1n) is 8.65. The summed E-state index contributed by atoms with van der Waals surface area (Å²) in [6.45, 7) is 3.55. The van der Waals surface area contributed by atoms with Gasteiger partial charge in [-0.3, -0.25) is 0 Å². The number of benzene rings is 2. The molecule has 0 aliphatic heterocycles. The number of ether oxygens (including phenoxy) is 1. The van der Waals surface area contributed by atoms with E-state index in [4.69, 9.17) is 14.9 Å². The number of fused-ring (bicyclic) bond motifs is 1. The molecular formula is C20H30O3. The van der Waals surface area contributed by atoms with Gasteiger partial charge in [0.1, 0.15) is 5.75 Å². The Morgan fingerprint density at radius 3 is 2.09 bits per heavy atom. The Morgan fingerprint density at radius 1 is 0.783 bits per heavy atom. The summed E-state index contributed by atoms with van der Waals surface area (Å²) in [4.78, 5) is 0. The summed E-state index contributed by atoms with van der Waals surface area (Å²) in [5, 5.41) is 19.1. The second-order valence-electron chi connectivity index (χ2n) is 5.54. The number of aliphatic hydroxyl groups excluding tert-OH is 2. The molecule has 0 aromatic heterocycles. The molecular weight excluding hydrogens is 288 g/mol. The average molecular weight is 318 g/mol. The maximum absolute atomic E-state index is 8.30. The molecule has 0 atom stereocenters. The fourth-order valence-electron chi connectivity index (χ4n) is 2.23. The van der Waals surface area contributed by atoms with Crippen LogP contribution in [0.1, 0.15) is 45.4 Å². The van der Waals surface area contributed by atoms with E-state index in [-0.39, 0.29) is 13.2 Å². The van der Waals surface area contributed by atoms with Crippen LogP contribution in [0.4, 0.5) is 0 Å². The van der Waals surface area contributed by atoms with Gasteiger partial charge in [-0.1, -0.05) is 62.6 Å². The third-order valence-electron chi connectivity index (χ3n) is 3.57. The van der Waals surface area contributed by atoms with Crippen LogP contribution in [0.5, 0.6) is 5.75 Å². The van der Waals surface area contributed by atoms with Gasteiger partial charge in [-0.05, 0) is 30.7 Å². The zero-order valence-electron chi connectivity index (χ0n) is 14.2. The van der Waals surface area contributed by atoms with Crippen molar-refractivity contribution in [1.29, 1.82) is 0 Å². The fourth-order valence-corrected chi connectivity index (χ4v) is 2.23. The number of rotatable bonds is 9. The molecule has 0 radical (unpaired) electrons. The maximum atomic E-state index is 8.30. The van der Waals surface area contributed by atoms with E-state index in [2.05, 4.69) is 37.3 Å². The second kappa shape index (κ2) is 12.9. The molecule has 0 unspecified atom stereocenters. The van der Waals surface area contributed by atoms with E-state index in [0.29, 0.717) is 0 Å². The molecule has 23 heavy (non-hydrogen) atoms. The lowest BCUT2D eigenvalue weighted by Gasteiger charge is -2.08. The van der Waals surface area contributed by atoms with E-state index in [1.165, 1.54) is 17.2 Å². The van der Waals surface area contributed by atoms with E-state index < -0.39 is 0 Å². The molecule has 0 saturated heterocycles. The van der Waals surface area contributed by atoms with Gasteiger partial charge in [0, 0.05) is 18.6 Å². The highest BCUT2D eigenvalue weighted by atomic mass is 16.5. The summed E-state index contributed by atoms with van der Waals surface area (Å²) in [6, 6.07) is 14.5. The van der Waals surface area contributed by atoms with E-state index in [0.717, 1.165) is 44.5 Å². The standard InChI is InChI=1S/C14H16O.C6H14O2/c1-2-3-11-15-14-10-6-8-12-7-4-5-9-13(12)14;7-5-3-1-2-4-6-8/h4-10H,2-3,11H2,1H3;7-8H,1-6H2. The van der Waals surface area contributed by atoms with Gasteiger partial charge >= 0.3 is 0 Å². The lowest BCUT2D eigenvalue weighted by molar-refractivity contribution is 0.265. The average Bonchev–Trinajstić information content (AvgIpc) is 2.60. The van der Waals surface area contributed by atoms with Gasteiger partial charge in [-0.15, -0.1) is 0 Å². The van der Waals surface area contributed by atoms with E-state index in [9.17, 15) is 0 Å². The van der Waals surface area contributed by atoms with E-state index >= 15 is 0 Å². The third-order valence-corrected chi connectivity index (χ3v) is 3.57. The minimum Gasteiger partial charge on any atom is -0.493 e. The number of hydrogen-bond donors (Lipinski definition) is 2. The minimum absolute atomic E-state index is 0.283. The van der Waals surface area contributed by atoms with Crippen LogP contribution in [0.25, 0.3) is 10.8 Å². The molecule has 0 aliphatic carbocycles. The summed E-state index contributed by atoms with van der Waals surface area (Å²) in [7, 11) is 0. The lowest BCUT2D eigenvalue weighted by atomic mass is 10.1. The summed E-state index contributed by atoms with van der Waals surface area (Å²) in [5.74, 6) is 1.00. The second-order valence-corrected chi connectivity index (χ2v) is 5.54. The van der Waals surface area contributed by atoms with Crippen molar-refractivity contribution in [2.45, 2.75) is 45.4 Å². The summed E-state index contributed by atoms with van der Waals surface area (Å²) < 4.78 is 5.76. The largest absolute Gasteiger partial charge is 0.493 e. The summed E-state index contributed by atoms with van der Waals surface area (Å²) >= 11 is 0. The molecule has 0 spiro atoms. The molecule has 128 valence electrons. The van der Waals surface area contributed by atoms with Crippen molar-refractivity contribution < 1.29 is 14.9 Å². The highest BCUT2D eigenvalue weighted by molar-refractivity contribution is 5.88. The van der Waals surface area contributed by atoms with Gasteiger partial charge in [0.15, 0.2) is 0 Å². The third kappa shape index (κ3) is 8.00. The van der Waals surface area contributed by atoms with Gasteiger partial charge < -0.3 is 14.9 Å². The first kappa shape index (κ1) is 19.5. The first-order valence-corrected chi connectivity index (χ1v) is 8.65. The van der Waals surface area contributed by atoms with Crippen LogP contribution in [-0.4, -0.2) is 30.0 Å². The molecule has 2 aromatic rings. The van der Waals surface area contributed by atoms with Gasteiger partial charge in [0.2, 0.25) is 0 Å². The van der Waals surface area contributed by atoms with Crippen LogP contribution in [0, 0.1) is 0 Å². The van der Waals surface area contributed by atoms with Crippen molar-refractivity contribution in [2.75, 3.05) is 19.8 Å². The van der Waals surface area contributed by atoms with E-state index in [1.54, 1.807) is 0 Å². The highest BCUT2D eigenvalue weighted by Gasteiger charge is 1.99. The molecule has 0 heterocycles. The smallest absolute Gasteiger partial charge is 0.127 e. The minimum atomic E-state index is 0.283. The topological polar surface area (TPSA) is 49.7 Å². The molecule has 3 heteroatoms. The molecule has 0 fully saturated rings. The van der Waals surface area contributed by atoms with Crippen LogP contribution < -0.4 is 4.74 Å². The van der Waals surface area contributed by atoms with Crippen LogP contribution in [0.3, 0.4) is 0 Å². The monoisotopic (exact) mass is 318 g/mol. The molecule has 2 N–H and O–H groups in total. The quantitative estimate of drug-likeness (QED) is 0.667. The van der Waals surface area contributed by atoms with Gasteiger partial charge in [-0.2, -0.15) is 0 Å². The number of unbranched alkanes of at least 4 members (excludes halogenated alkanes) is 4. The molecule has 2 rings (SSSR count). The van der Waals surface area contributed by atoms with Crippen molar-refractivity contribution in [2.24, 2.45) is 0 Å². The Labute approximate surface area is 139 Å². The molecule has 0 amide bonds. The van der Waals surface area contributed by atoms with Gasteiger partial charge in [0.25, 0.3) is 0 Å². The predicted octanol–water partition coefficient (Wildman–Crippen LogP) is 4.55. The Morgan fingerprint density at radius 2 is 1.43 bits per heavy atom. The van der Waals surface area contributed by atoms with Crippen LogP contribution >= 0.6 is 0 Å². The molecule has 3 nitrogen and oxygen atoms in total. The van der Waals surface area contributed by atoms with Crippen molar-refractivity contribution >= 4 is 10.8 Å². The zero-order chi connectivity index (χ0) is 16.8. The van der Waals surface area contributed by atoms with Gasteiger partial charge in [0.05, 0.1) is 6.61 Å². The summed E-state index contributed by atoms with van der Waals surface area (Å²) in [5.41, 5.74) is 0. The molecule has 2 aromatic carbocycles. The SMILES string of the molecule is CCCCOc1cccc2ccccc12.OCCCCCCO. The molecule has 0 bridgehead atoms. The first-order chi connectivity index (χ1) is 11.3. The maximum Gasteiger partial charge on any atom is 0.127 e. The van der Waals surface area contributed by atoms with Crippen LogP contribution in [0.2, 0.25) is 0 Å². The van der Waals surface area contributed by atoms with Crippen LogP contribution in [-0.2, 0) is 0 Å². The van der Waals surface area contributed by atoms with Crippen molar-refractivity contribution in [3.8, 4) is 5.75 Å². The predicted molar refractivity (Wildman–Crippen MR) is 97.0 cm³/mol. The van der Waals surface area contributed by atoms with E-state index in [1.807, 2.05) is 12.1 Å². The summed E-state index contributed by atoms with van der Waals surface area (Å²) in [6.07, 6.45) is 6.11.